The van der Waals surface area contributed by atoms with Gasteiger partial charge in [-0.3, -0.25) is 0 Å². The molecule has 2 aromatic heterocycles. The highest BCUT2D eigenvalue weighted by atomic mass is 32.1. The summed E-state index contributed by atoms with van der Waals surface area (Å²) in [5.41, 5.74) is 0.0332. The minimum absolute atomic E-state index is 0.429. The summed E-state index contributed by atoms with van der Waals surface area (Å²) < 4.78 is 5.45. The van der Waals surface area contributed by atoms with Crippen LogP contribution in [0.2, 0.25) is 0 Å². The van der Waals surface area contributed by atoms with Crippen molar-refractivity contribution in [3.05, 3.63) is 39.7 Å². The van der Waals surface area contributed by atoms with Crippen LogP contribution in [0.4, 0.5) is 0 Å². The normalized spacial score (nSPS) is 14.7. The second-order valence-electron chi connectivity index (χ2n) is 4.67. The van der Waals surface area contributed by atoms with Crippen molar-refractivity contribution in [1.82, 2.24) is 10.3 Å². The van der Waals surface area contributed by atoms with E-state index in [0.717, 1.165) is 16.5 Å². The second kappa shape index (κ2) is 5.22. The Morgan fingerprint density at radius 3 is 2.78 bits per heavy atom. The molecule has 0 saturated heterocycles. The van der Waals surface area contributed by atoms with Gasteiger partial charge in [0, 0.05) is 24.2 Å². The van der Waals surface area contributed by atoms with Gasteiger partial charge < -0.3 is 14.8 Å². The Kier molecular flexibility index (Phi) is 3.85. The molecule has 1 unspecified atom stereocenters. The summed E-state index contributed by atoms with van der Waals surface area (Å²) in [6.07, 6.45) is 0. The molecule has 2 aromatic rings. The highest BCUT2D eigenvalue weighted by Gasteiger charge is 2.26. The third-order valence-corrected chi connectivity index (χ3v) is 3.65. The molecule has 0 bridgehead atoms. The van der Waals surface area contributed by atoms with Gasteiger partial charge in [-0.05, 0) is 32.9 Å². The molecule has 5 heteroatoms. The lowest BCUT2D eigenvalue weighted by Crippen LogP contribution is -2.34. The monoisotopic (exact) mass is 266 g/mol. The number of hydrogen-bond acceptors (Lipinski definition) is 5. The molecule has 0 amide bonds. The quantitative estimate of drug-likeness (QED) is 0.872. The van der Waals surface area contributed by atoms with Crippen LogP contribution in [0.3, 0.4) is 0 Å². The van der Waals surface area contributed by atoms with Crippen molar-refractivity contribution in [1.29, 1.82) is 0 Å². The van der Waals surface area contributed by atoms with Crippen molar-refractivity contribution in [2.24, 2.45) is 0 Å². The highest BCUT2D eigenvalue weighted by Crippen LogP contribution is 2.22. The van der Waals surface area contributed by atoms with Crippen LogP contribution in [0.15, 0.2) is 21.9 Å². The minimum atomic E-state index is -0.999. The molecule has 1 atom stereocenters. The number of hydrogen-bond donors (Lipinski definition) is 2. The Bertz CT molecular complexity index is 517. The zero-order valence-corrected chi connectivity index (χ0v) is 11.7. The van der Waals surface area contributed by atoms with Crippen LogP contribution in [0.25, 0.3) is 0 Å². The molecule has 0 saturated carbocycles. The van der Waals surface area contributed by atoms with Crippen molar-refractivity contribution in [3.63, 3.8) is 0 Å². The lowest BCUT2D eigenvalue weighted by Gasteiger charge is -2.21. The van der Waals surface area contributed by atoms with Crippen LogP contribution in [-0.4, -0.2) is 16.6 Å². The van der Waals surface area contributed by atoms with Crippen molar-refractivity contribution < 1.29 is 9.52 Å². The fourth-order valence-electron chi connectivity index (χ4n) is 1.71. The Balaban J connectivity index is 1.89. The van der Waals surface area contributed by atoms with Gasteiger partial charge in [-0.1, -0.05) is 0 Å². The molecule has 0 aliphatic carbocycles. The summed E-state index contributed by atoms with van der Waals surface area (Å²) in [6.45, 7) is 6.67. The maximum absolute atomic E-state index is 10.3. The number of aryl methyl sites for hydroxylation is 2. The zero-order chi connectivity index (χ0) is 13.2. The standard InChI is InChI=1S/C13H18N2O2S/c1-9-7-18-12(15-9)6-14-8-13(3,16)11-5-4-10(2)17-11/h4-5,7,14,16H,6,8H2,1-3H3. The fourth-order valence-corrected chi connectivity index (χ4v) is 2.45. The van der Waals surface area contributed by atoms with Crippen LogP contribution < -0.4 is 5.32 Å². The summed E-state index contributed by atoms with van der Waals surface area (Å²) in [4.78, 5) is 4.36. The molecule has 0 spiro atoms. The van der Waals surface area contributed by atoms with Crippen molar-refractivity contribution in [2.45, 2.75) is 32.9 Å². The first-order valence-electron chi connectivity index (χ1n) is 5.88. The molecule has 0 aliphatic heterocycles. The number of rotatable bonds is 5. The van der Waals surface area contributed by atoms with Gasteiger partial charge in [0.2, 0.25) is 0 Å². The third kappa shape index (κ3) is 3.19. The highest BCUT2D eigenvalue weighted by molar-refractivity contribution is 7.09. The predicted molar refractivity (Wildman–Crippen MR) is 71.6 cm³/mol. The lowest BCUT2D eigenvalue weighted by atomic mass is 10.0. The number of aromatic nitrogens is 1. The zero-order valence-electron chi connectivity index (χ0n) is 10.9. The second-order valence-corrected chi connectivity index (χ2v) is 5.61. The first-order chi connectivity index (χ1) is 8.47. The van der Waals surface area contributed by atoms with Gasteiger partial charge in [-0.25, -0.2) is 4.98 Å². The molecule has 2 rings (SSSR count). The van der Waals surface area contributed by atoms with Crippen LogP contribution in [-0.2, 0) is 12.1 Å². The summed E-state index contributed by atoms with van der Waals surface area (Å²) in [6, 6.07) is 3.67. The number of thiazole rings is 1. The van der Waals surface area contributed by atoms with E-state index in [1.807, 2.05) is 31.4 Å². The van der Waals surface area contributed by atoms with E-state index < -0.39 is 5.60 Å². The van der Waals surface area contributed by atoms with Crippen LogP contribution in [0.1, 0.15) is 29.1 Å². The van der Waals surface area contributed by atoms with E-state index in [2.05, 4.69) is 10.3 Å². The minimum Gasteiger partial charge on any atom is -0.463 e. The van der Waals surface area contributed by atoms with E-state index >= 15 is 0 Å². The number of nitrogens with one attached hydrogen (secondary N) is 1. The Labute approximate surface area is 111 Å². The Morgan fingerprint density at radius 1 is 1.44 bits per heavy atom. The van der Waals surface area contributed by atoms with Crippen molar-refractivity contribution >= 4 is 11.3 Å². The van der Waals surface area contributed by atoms with Gasteiger partial charge in [0.15, 0.2) is 0 Å². The molecule has 0 aliphatic rings. The first kappa shape index (κ1) is 13.3. The smallest absolute Gasteiger partial charge is 0.136 e. The van der Waals surface area contributed by atoms with Crippen molar-refractivity contribution in [2.75, 3.05) is 6.54 Å². The predicted octanol–water partition coefficient (Wildman–Crippen LogP) is 2.35. The molecule has 0 radical (unpaired) electrons. The van der Waals surface area contributed by atoms with E-state index in [9.17, 15) is 5.11 Å². The fraction of sp³-hybridized carbons (Fsp3) is 0.462. The molecule has 0 aromatic carbocycles. The summed E-state index contributed by atoms with van der Waals surface area (Å²) >= 11 is 1.62. The Morgan fingerprint density at radius 2 is 2.22 bits per heavy atom. The molecule has 0 fully saturated rings. The molecular formula is C13H18N2O2S. The number of aliphatic hydroxyl groups is 1. The largest absolute Gasteiger partial charge is 0.463 e. The van der Waals surface area contributed by atoms with E-state index in [1.165, 1.54) is 0 Å². The van der Waals surface area contributed by atoms with Gasteiger partial charge >= 0.3 is 0 Å². The summed E-state index contributed by atoms with van der Waals surface area (Å²) in [5.74, 6) is 1.39. The molecule has 2 heterocycles. The third-order valence-electron chi connectivity index (χ3n) is 2.68. The molecule has 4 nitrogen and oxygen atoms in total. The molecular weight excluding hydrogens is 248 g/mol. The Hall–Kier alpha value is -1.17. The van der Waals surface area contributed by atoms with Gasteiger partial charge in [0.05, 0.1) is 0 Å². The maximum atomic E-state index is 10.3. The summed E-state index contributed by atoms with van der Waals surface area (Å²) in [7, 11) is 0. The lowest BCUT2D eigenvalue weighted by molar-refractivity contribution is 0.0332. The van der Waals surface area contributed by atoms with Crippen LogP contribution >= 0.6 is 11.3 Å². The van der Waals surface area contributed by atoms with Crippen LogP contribution in [0, 0.1) is 13.8 Å². The van der Waals surface area contributed by atoms with Gasteiger partial charge in [-0.2, -0.15) is 0 Å². The van der Waals surface area contributed by atoms with Gasteiger partial charge in [0.1, 0.15) is 22.1 Å². The van der Waals surface area contributed by atoms with E-state index in [1.54, 1.807) is 18.3 Å². The molecule has 98 valence electrons. The average molecular weight is 266 g/mol. The van der Waals surface area contributed by atoms with E-state index in [0.29, 0.717) is 18.8 Å². The van der Waals surface area contributed by atoms with Gasteiger partial charge in [0.25, 0.3) is 0 Å². The number of furan rings is 1. The van der Waals surface area contributed by atoms with E-state index in [-0.39, 0.29) is 0 Å². The number of nitrogens with zero attached hydrogens (tertiary/aromatic N) is 1. The van der Waals surface area contributed by atoms with E-state index in [4.69, 9.17) is 4.42 Å². The van der Waals surface area contributed by atoms with Crippen LogP contribution in [0.5, 0.6) is 0 Å². The average Bonchev–Trinajstić information content (AvgIpc) is 2.88. The first-order valence-corrected chi connectivity index (χ1v) is 6.76. The molecule has 2 N–H and O–H groups in total. The summed E-state index contributed by atoms with van der Waals surface area (Å²) in [5, 5.41) is 16.6. The van der Waals surface area contributed by atoms with Crippen molar-refractivity contribution in [3.8, 4) is 0 Å². The molecule has 18 heavy (non-hydrogen) atoms. The topological polar surface area (TPSA) is 58.3 Å². The van der Waals surface area contributed by atoms with Gasteiger partial charge in [-0.15, -0.1) is 11.3 Å². The SMILES string of the molecule is Cc1csc(CNCC(C)(O)c2ccc(C)o2)n1. The maximum Gasteiger partial charge on any atom is 0.136 e.